The van der Waals surface area contributed by atoms with Gasteiger partial charge in [-0.15, -0.1) is 0 Å². The quantitative estimate of drug-likeness (QED) is 0.789. The van der Waals surface area contributed by atoms with Crippen LogP contribution in [0.3, 0.4) is 0 Å². The molecule has 1 heterocycles. The average molecular weight is 232 g/mol. The van der Waals surface area contributed by atoms with Crippen LogP contribution in [0.25, 0.3) is 0 Å². The van der Waals surface area contributed by atoms with E-state index >= 15 is 0 Å². The van der Waals surface area contributed by atoms with Gasteiger partial charge in [0.15, 0.2) is 0 Å². The van der Waals surface area contributed by atoms with E-state index in [2.05, 4.69) is 5.32 Å². The molecule has 1 aliphatic heterocycles. The number of hydrogen-bond acceptors (Lipinski definition) is 2. The Balaban J connectivity index is 2.42. The summed E-state index contributed by atoms with van der Waals surface area (Å²) >= 11 is 0. The molecule has 2 amide bonds. The Hall–Kier alpha value is -1.84. The first kappa shape index (κ1) is 11.6. The van der Waals surface area contributed by atoms with Gasteiger partial charge in [0.1, 0.15) is 6.04 Å². The first-order valence-corrected chi connectivity index (χ1v) is 5.67. The molecule has 4 heteroatoms. The Bertz CT molecular complexity index is 462. The number of aryl methyl sites for hydroxylation is 2. The van der Waals surface area contributed by atoms with Crippen molar-refractivity contribution in [1.82, 2.24) is 5.32 Å². The number of benzene rings is 1. The first-order valence-electron chi connectivity index (χ1n) is 5.67. The van der Waals surface area contributed by atoms with Gasteiger partial charge in [0, 0.05) is 5.69 Å². The topological polar surface area (TPSA) is 49.4 Å². The molecule has 4 nitrogen and oxygen atoms in total. The van der Waals surface area contributed by atoms with Gasteiger partial charge >= 0.3 is 0 Å². The van der Waals surface area contributed by atoms with Crippen molar-refractivity contribution in [3.05, 3.63) is 29.3 Å². The van der Waals surface area contributed by atoms with Crippen LogP contribution in [0.15, 0.2) is 18.2 Å². The average Bonchev–Trinajstić information content (AvgIpc) is 2.23. The van der Waals surface area contributed by atoms with Crippen molar-refractivity contribution in [3.63, 3.8) is 0 Å². The summed E-state index contributed by atoms with van der Waals surface area (Å²) in [5, 5.41) is 2.58. The molecule has 1 N–H and O–H groups in total. The number of hydrogen-bond donors (Lipinski definition) is 1. The van der Waals surface area contributed by atoms with Crippen molar-refractivity contribution in [3.8, 4) is 0 Å². The highest BCUT2D eigenvalue weighted by Gasteiger charge is 2.32. The van der Waals surface area contributed by atoms with Gasteiger partial charge < -0.3 is 5.32 Å². The summed E-state index contributed by atoms with van der Waals surface area (Å²) in [6.07, 6.45) is 0. The van der Waals surface area contributed by atoms with Gasteiger partial charge in [-0.3, -0.25) is 14.5 Å². The molecule has 0 bridgehead atoms. The molecular weight excluding hydrogens is 216 g/mol. The highest BCUT2D eigenvalue weighted by molar-refractivity contribution is 6.06. The van der Waals surface area contributed by atoms with Crippen LogP contribution in [0.1, 0.15) is 18.1 Å². The van der Waals surface area contributed by atoms with E-state index in [9.17, 15) is 9.59 Å². The monoisotopic (exact) mass is 232 g/mol. The zero-order valence-electron chi connectivity index (χ0n) is 10.3. The second-order valence-electron chi connectivity index (χ2n) is 4.50. The summed E-state index contributed by atoms with van der Waals surface area (Å²) in [6.45, 7) is 5.78. The van der Waals surface area contributed by atoms with Gasteiger partial charge in [-0.2, -0.15) is 0 Å². The Morgan fingerprint density at radius 2 is 1.76 bits per heavy atom. The molecule has 1 unspecified atom stereocenters. The standard InChI is InChI=1S/C13H16N2O2/c1-8-4-9(2)6-11(5-8)15-10(3)13(17)14-7-12(15)16/h4-6,10H,7H2,1-3H3,(H,14,17). The van der Waals surface area contributed by atoms with Gasteiger partial charge in [-0.25, -0.2) is 0 Å². The minimum Gasteiger partial charge on any atom is -0.345 e. The van der Waals surface area contributed by atoms with Crippen LogP contribution in [0.4, 0.5) is 5.69 Å². The van der Waals surface area contributed by atoms with Crippen LogP contribution in [0.5, 0.6) is 0 Å². The normalized spacial score (nSPS) is 20.4. The van der Waals surface area contributed by atoms with Crippen molar-refractivity contribution >= 4 is 17.5 Å². The maximum atomic E-state index is 11.9. The van der Waals surface area contributed by atoms with E-state index in [0.717, 1.165) is 16.8 Å². The maximum Gasteiger partial charge on any atom is 0.247 e. The predicted molar refractivity (Wildman–Crippen MR) is 65.9 cm³/mol. The third kappa shape index (κ3) is 2.16. The molecule has 1 saturated heterocycles. The molecule has 1 fully saturated rings. The van der Waals surface area contributed by atoms with Crippen molar-refractivity contribution < 1.29 is 9.59 Å². The van der Waals surface area contributed by atoms with E-state index in [1.807, 2.05) is 32.0 Å². The van der Waals surface area contributed by atoms with Crippen LogP contribution < -0.4 is 10.2 Å². The summed E-state index contributed by atoms with van der Waals surface area (Å²) < 4.78 is 0. The Morgan fingerprint density at radius 1 is 1.18 bits per heavy atom. The van der Waals surface area contributed by atoms with Gasteiger partial charge in [0.05, 0.1) is 6.54 Å². The first-order chi connectivity index (χ1) is 7.99. The van der Waals surface area contributed by atoms with Crippen LogP contribution >= 0.6 is 0 Å². The molecule has 1 aromatic carbocycles. The smallest absolute Gasteiger partial charge is 0.247 e. The second kappa shape index (κ2) is 4.20. The lowest BCUT2D eigenvalue weighted by Gasteiger charge is -2.33. The summed E-state index contributed by atoms with van der Waals surface area (Å²) in [5.41, 5.74) is 2.98. The minimum absolute atomic E-state index is 0.0675. The lowest BCUT2D eigenvalue weighted by molar-refractivity contribution is -0.130. The number of nitrogens with zero attached hydrogens (tertiary/aromatic N) is 1. The van der Waals surface area contributed by atoms with Gasteiger partial charge in [0.25, 0.3) is 0 Å². The highest BCUT2D eigenvalue weighted by atomic mass is 16.2. The SMILES string of the molecule is Cc1cc(C)cc(N2C(=O)CNC(=O)C2C)c1. The largest absolute Gasteiger partial charge is 0.345 e. The van der Waals surface area contributed by atoms with Crippen molar-refractivity contribution in [1.29, 1.82) is 0 Å². The van der Waals surface area contributed by atoms with Gasteiger partial charge in [-0.1, -0.05) is 6.07 Å². The fraction of sp³-hybridized carbons (Fsp3) is 0.385. The third-order valence-electron chi connectivity index (χ3n) is 2.93. The zero-order chi connectivity index (χ0) is 12.6. The Labute approximate surface area is 101 Å². The molecule has 0 spiro atoms. The van der Waals surface area contributed by atoms with Crippen molar-refractivity contribution in [2.75, 3.05) is 11.4 Å². The third-order valence-corrected chi connectivity index (χ3v) is 2.93. The number of carbonyl (C=O) groups excluding carboxylic acids is 2. The summed E-state index contributed by atoms with van der Waals surface area (Å²) in [7, 11) is 0. The molecule has 17 heavy (non-hydrogen) atoms. The molecular formula is C13H16N2O2. The molecule has 1 aliphatic rings. The molecule has 2 rings (SSSR count). The Kier molecular flexibility index (Phi) is 2.88. The van der Waals surface area contributed by atoms with Crippen LogP contribution in [0, 0.1) is 13.8 Å². The molecule has 1 aromatic rings. The number of rotatable bonds is 1. The summed E-state index contributed by atoms with van der Waals surface area (Å²) in [6, 6.07) is 5.46. The van der Waals surface area contributed by atoms with E-state index in [1.54, 1.807) is 11.8 Å². The fourth-order valence-corrected chi connectivity index (χ4v) is 2.19. The van der Waals surface area contributed by atoms with Crippen molar-refractivity contribution in [2.45, 2.75) is 26.8 Å². The molecule has 0 aromatic heterocycles. The second-order valence-corrected chi connectivity index (χ2v) is 4.50. The number of anilines is 1. The summed E-state index contributed by atoms with van der Waals surface area (Å²) in [4.78, 5) is 25.0. The van der Waals surface area contributed by atoms with E-state index in [1.165, 1.54) is 0 Å². The number of amides is 2. The van der Waals surface area contributed by atoms with Crippen LogP contribution in [-0.4, -0.2) is 24.4 Å². The van der Waals surface area contributed by atoms with E-state index in [0.29, 0.717) is 0 Å². The molecule has 1 atom stereocenters. The van der Waals surface area contributed by atoms with Gasteiger partial charge in [-0.05, 0) is 44.0 Å². The minimum atomic E-state index is -0.447. The lowest BCUT2D eigenvalue weighted by atomic mass is 10.1. The molecule has 0 radical (unpaired) electrons. The van der Waals surface area contributed by atoms with Gasteiger partial charge in [0.2, 0.25) is 11.8 Å². The van der Waals surface area contributed by atoms with Crippen LogP contribution in [0.2, 0.25) is 0 Å². The predicted octanol–water partition coefficient (Wildman–Crippen LogP) is 1.15. The molecule has 0 saturated carbocycles. The molecule has 0 aliphatic carbocycles. The molecule has 90 valence electrons. The lowest BCUT2D eigenvalue weighted by Crippen LogP contribution is -2.57. The highest BCUT2D eigenvalue weighted by Crippen LogP contribution is 2.22. The van der Waals surface area contributed by atoms with E-state index in [4.69, 9.17) is 0 Å². The fourth-order valence-electron chi connectivity index (χ4n) is 2.19. The number of carbonyl (C=O) groups is 2. The van der Waals surface area contributed by atoms with Crippen LogP contribution in [-0.2, 0) is 9.59 Å². The maximum absolute atomic E-state index is 11.9. The van der Waals surface area contributed by atoms with E-state index < -0.39 is 6.04 Å². The Morgan fingerprint density at radius 3 is 2.35 bits per heavy atom. The number of nitrogens with one attached hydrogen (secondary N) is 1. The van der Waals surface area contributed by atoms with E-state index in [-0.39, 0.29) is 18.4 Å². The summed E-state index contributed by atoms with van der Waals surface area (Å²) in [5.74, 6) is -0.175. The zero-order valence-corrected chi connectivity index (χ0v) is 10.3. The number of piperazine rings is 1. The van der Waals surface area contributed by atoms with Crippen molar-refractivity contribution in [2.24, 2.45) is 0 Å².